The number of aromatic carboxylic acids is 1. The number of hydrogen-bond acceptors (Lipinski definition) is 1. The molecule has 0 fully saturated rings. The first-order valence-corrected chi connectivity index (χ1v) is 6.60. The Kier molecular flexibility index (Phi) is 2.78. The molecule has 1 aromatic heterocycles. The molecule has 18 heavy (non-hydrogen) atoms. The van der Waals surface area contributed by atoms with Crippen LogP contribution < -0.4 is 0 Å². The fourth-order valence-electron chi connectivity index (χ4n) is 2.79. The number of carboxylic acids is 1. The maximum Gasteiger partial charge on any atom is 0.352 e. The molecular weight excluding hydrogens is 250 g/mol. The lowest BCUT2D eigenvalue weighted by Crippen LogP contribution is -2.11. The highest BCUT2D eigenvalue weighted by molar-refractivity contribution is 6.35. The minimum absolute atomic E-state index is 0.348. The van der Waals surface area contributed by atoms with Gasteiger partial charge in [-0.15, -0.1) is 0 Å². The first-order chi connectivity index (χ1) is 8.68. The van der Waals surface area contributed by atoms with E-state index in [2.05, 4.69) is 0 Å². The zero-order chi connectivity index (χ0) is 12.7. The highest BCUT2D eigenvalue weighted by Crippen LogP contribution is 2.32. The van der Waals surface area contributed by atoms with E-state index < -0.39 is 5.97 Å². The van der Waals surface area contributed by atoms with E-state index in [1.807, 2.05) is 16.7 Å². The second kappa shape index (κ2) is 4.32. The standard InChI is InChI=1S/C14H14ClNO2/c15-11-6-5-9-4-2-1-3-7-16-12(14(17)18)8-10(11)13(9)16/h5-6,8H,1-4,7H2,(H,17,18). The van der Waals surface area contributed by atoms with Crippen LogP contribution >= 0.6 is 11.6 Å². The van der Waals surface area contributed by atoms with Crippen LogP contribution in [0.2, 0.25) is 5.02 Å². The molecule has 0 amide bonds. The van der Waals surface area contributed by atoms with Gasteiger partial charge in [0.1, 0.15) is 5.69 Å². The highest BCUT2D eigenvalue weighted by Gasteiger charge is 2.19. The van der Waals surface area contributed by atoms with E-state index in [4.69, 9.17) is 11.6 Å². The number of carbonyl (C=O) groups is 1. The van der Waals surface area contributed by atoms with Crippen molar-refractivity contribution in [2.45, 2.75) is 32.2 Å². The van der Waals surface area contributed by atoms with E-state index in [-0.39, 0.29) is 0 Å². The SMILES string of the molecule is O=C(O)c1cc2c(Cl)ccc3c2n1CCCCC3. The molecule has 0 atom stereocenters. The van der Waals surface area contributed by atoms with Gasteiger partial charge in [0.05, 0.1) is 5.52 Å². The molecule has 0 saturated heterocycles. The average molecular weight is 264 g/mol. The Bertz CT molecular complexity index is 630. The van der Waals surface area contributed by atoms with E-state index in [0.717, 1.165) is 43.1 Å². The Morgan fingerprint density at radius 2 is 2.11 bits per heavy atom. The van der Waals surface area contributed by atoms with Gasteiger partial charge in [-0.1, -0.05) is 24.1 Å². The molecule has 0 unspecified atom stereocenters. The summed E-state index contributed by atoms with van der Waals surface area (Å²) in [6, 6.07) is 5.60. The number of rotatable bonds is 1. The summed E-state index contributed by atoms with van der Waals surface area (Å²) in [5.74, 6) is -0.881. The zero-order valence-corrected chi connectivity index (χ0v) is 10.7. The fraction of sp³-hybridized carbons (Fsp3) is 0.357. The van der Waals surface area contributed by atoms with E-state index >= 15 is 0 Å². The number of aryl methyl sites for hydroxylation is 2. The summed E-state index contributed by atoms with van der Waals surface area (Å²) < 4.78 is 1.91. The predicted molar refractivity (Wildman–Crippen MR) is 71.5 cm³/mol. The van der Waals surface area contributed by atoms with Gasteiger partial charge in [0, 0.05) is 17.0 Å². The number of benzene rings is 1. The number of carboxylic acid groups (broad SMARTS) is 1. The molecule has 1 aliphatic rings. The molecule has 0 spiro atoms. The van der Waals surface area contributed by atoms with Crippen molar-refractivity contribution in [2.75, 3.05) is 0 Å². The van der Waals surface area contributed by atoms with Crippen LogP contribution in [0.1, 0.15) is 35.3 Å². The number of aromatic nitrogens is 1. The molecule has 0 aliphatic carbocycles. The Hall–Kier alpha value is -1.48. The Morgan fingerprint density at radius 3 is 2.89 bits per heavy atom. The average Bonchev–Trinajstić information content (AvgIpc) is 2.68. The van der Waals surface area contributed by atoms with Crippen molar-refractivity contribution in [1.29, 1.82) is 0 Å². The van der Waals surface area contributed by atoms with Crippen LogP contribution in [-0.4, -0.2) is 15.6 Å². The van der Waals surface area contributed by atoms with Gasteiger partial charge >= 0.3 is 5.97 Å². The smallest absolute Gasteiger partial charge is 0.352 e. The van der Waals surface area contributed by atoms with Crippen LogP contribution in [0.25, 0.3) is 10.9 Å². The number of hydrogen-bond donors (Lipinski definition) is 1. The molecule has 0 bridgehead atoms. The molecule has 2 heterocycles. The molecule has 3 nitrogen and oxygen atoms in total. The van der Waals surface area contributed by atoms with Crippen molar-refractivity contribution >= 4 is 28.5 Å². The van der Waals surface area contributed by atoms with Crippen molar-refractivity contribution in [3.63, 3.8) is 0 Å². The van der Waals surface area contributed by atoms with Crippen LogP contribution in [0.5, 0.6) is 0 Å². The minimum Gasteiger partial charge on any atom is -0.477 e. The first kappa shape index (κ1) is 11.6. The quantitative estimate of drug-likeness (QED) is 0.852. The molecular formula is C14H14ClNO2. The van der Waals surface area contributed by atoms with Crippen LogP contribution in [0.3, 0.4) is 0 Å². The minimum atomic E-state index is -0.881. The summed E-state index contributed by atoms with van der Waals surface area (Å²) in [6.07, 6.45) is 4.32. The molecule has 0 saturated carbocycles. The first-order valence-electron chi connectivity index (χ1n) is 6.22. The van der Waals surface area contributed by atoms with Crippen LogP contribution in [0.4, 0.5) is 0 Å². The van der Waals surface area contributed by atoms with Gasteiger partial charge in [0.2, 0.25) is 0 Å². The summed E-state index contributed by atoms with van der Waals surface area (Å²) in [5.41, 5.74) is 2.57. The van der Waals surface area contributed by atoms with Crippen molar-refractivity contribution in [3.8, 4) is 0 Å². The monoisotopic (exact) mass is 263 g/mol. The molecule has 2 aromatic rings. The van der Waals surface area contributed by atoms with Gasteiger partial charge in [-0.3, -0.25) is 0 Å². The fourth-order valence-corrected chi connectivity index (χ4v) is 3.00. The molecule has 1 N–H and O–H groups in total. The predicted octanol–water partition coefficient (Wildman–Crippen LogP) is 3.72. The summed E-state index contributed by atoms with van der Waals surface area (Å²) in [7, 11) is 0. The Balaban J connectivity index is 2.37. The van der Waals surface area contributed by atoms with Gasteiger partial charge in [-0.05, 0) is 37.0 Å². The molecule has 1 aliphatic heterocycles. The summed E-state index contributed by atoms with van der Waals surface area (Å²) in [4.78, 5) is 11.3. The van der Waals surface area contributed by atoms with Crippen molar-refractivity contribution in [2.24, 2.45) is 0 Å². The second-order valence-corrected chi connectivity index (χ2v) is 5.17. The summed E-state index contributed by atoms with van der Waals surface area (Å²) >= 11 is 6.19. The van der Waals surface area contributed by atoms with E-state index in [0.29, 0.717) is 10.7 Å². The van der Waals surface area contributed by atoms with Gasteiger partial charge in [0.25, 0.3) is 0 Å². The van der Waals surface area contributed by atoms with Crippen molar-refractivity contribution < 1.29 is 9.90 Å². The normalized spacial score (nSPS) is 15.4. The Morgan fingerprint density at radius 1 is 1.28 bits per heavy atom. The number of halogens is 1. The maximum absolute atomic E-state index is 11.3. The molecule has 4 heteroatoms. The van der Waals surface area contributed by atoms with E-state index in [1.54, 1.807) is 6.07 Å². The van der Waals surface area contributed by atoms with Crippen LogP contribution in [0.15, 0.2) is 18.2 Å². The van der Waals surface area contributed by atoms with Gasteiger partial charge in [0.15, 0.2) is 0 Å². The third kappa shape index (κ3) is 1.70. The van der Waals surface area contributed by atoms with Crippen LogP contribution in [0, 0.1) is 0 Å². The third-order valence-corrected chi connectivity index (χ3v) is 3.97. The lowest BCUT2D eigenvalue weighted by molar-refractivity contribution is 0.0685. The second-order valence-electron chi connectivity index (χ2n) is 4.77. The summed E-state index contributed by atoms with van der Waals surface area (Å²) in [6.45, 7) is 0.762. The van der Waals surface area contributed by atoms with Gasteiger partial charge < -0.3 is 9.67 Å². The number of nitrogens with zero attached hydrogens (tertiary/aromatic N) is 1. The van der Waals surface area contributed by atoms with Crippen molar-refractivity contribution in [1.82, 2.24) is 4.57 Å². The zero-order valence-electron chi connectivity index (χ0n) is 9.95. The lowest BCUT2D eigenvalue weighted by Gasteiger charge is -2.15. The molecule has 0 radical (unpaired) electrons. The lowest BCUT2D eigenvalue weighted by atomic mass is 10.0. The van der Waals surface area contributed by atoms with E-state index in [1.165, 1.54) is 5.56 Å². The molecule has 3 rings (SSSR count). The molecule has 94 valence electrons. The largest absolute Gasteiger partial charge is 0.477 e. The molecule has 1 aromatic carbocycles. The third-order valence-electron chi connectivity index (χ3n) is 3.64. The van der Waals surface area contributed by atoms with Gasteiger partial charge in [-0.25, -0.2) is 4.79 Å². The van der Waals surface area contributed by atoms with Gasteiger partial charge in [-0.2, -0.15) is 0 Å². The maximum atomic E-state index is 11.3. The van der Waals surface area contributed by atoms with E-state index in [9.17, 15) is 9.90 Å². The van der Waals surface area contributed by atoms with Crippen LogP contribution in [-0.2, 0) is 13.0 Å². The summed E-state index contributed by atoms with van der Waals surface area (Å²) in [5, 5.41) is 10.8. The Labute approximate surface area is 110 Å². The highest BCUT2D eigenvalue weighted by atomic mass is 35.5. The topological polar surface area (TPSA) is 42.2 Å². The van der Waals surface area contributed by atoms with Crippen molar-refractivity contribution in [3.05, 3.63) is 34.5 Å².